The van der Waals surface area contributed by atoms with Crippen molar-refractivity contribution < 1.29 is 26.7 Å². The van der Waals surface area contributed by atoms with Gasteiger partial charge in [-0.1, -0.05) is 12.1 Å². The lowest BCUT2D eigenvalue weighted by Gasteiger charge is -2.19. The predicted octanol–water partition coefficient (Wildman–Crippen LogP) is 4.31. The van der Waals surface area contributed by atoms with Crippen LogP contribution in [0.5, 0.6) is 0 Å². The topological polar surface area (TPSA) is 44.4 Å². The Morgan fingerprint density at radius 2 is 1.86 bits per heavy atom. The minimum atomic E-state index is -4.43. The fourth-order valence-corrected chi connectivity index (χ4v) is 3.26. The molecule has 2 aromatic carbocycles. The molecule has 9 heteroatoms. The van der Waals surface area contributed by atoms with E-state index in [0.29, 0.717) is 30.9 Å². The van der Waals surface area contributed by atoms with Crippen LogP contribution in [0.4, 0.5) is 32.4 Å². The Morgan fingerprint density at radius 3 is 2.59 bits per heavy atom. The molecule has 1 aliphatic rings. The number of amides is 2. The van der Waals surface area contributed by atoms with Gasteiger partial charge < -0.3 is 15.5 Å². The van der Waals surface area contributed by atoms with E-state index in [4.69, 9.17) is 0 Å². The van der Waals surface area contributed by atoms with E-state index in [1.807, 2.05) is 4.90 Å². The van der Waals surface area contributed by atoms with E-state index in [1.54, 1.807) is 0 Å². The fraction of sp³-hybridized carbons (Fsp3) is 0.350. The highest BCUT2D eigenvalue weighted by Crippen LogP contribution is 2.29. The lowest BCUT2D eigenvalue weighted by molar-refractivity contribution is -0.137. The molecule has 0 saturated carbocycles. The zero-order valence-electron chi connectivity index (χ0n) is 15.4. The van der Waals surface area contributed by atoms with Gasteiger partial charge in [-0.3, -0.25) is 0 Å². The number of carbonyl (C=O) groups excluding carboxylic acids is 1. The third-order valence-corrected chi connectivity index (χ3v) is 4.81. The first kappa shape index (κ1) is 20.9. The molecule has 1 unspecified atom stereocenters. The summed E-state index contributed by atoms with van der Waals surface area (Å²) in [6, 6.07) is 8.03. The highest BCUT2D eigenvalue weighted by atomic mass is 19.4. The summed E-state index contributed by atoms with van der Waals surface area (Å²) >= 11 is 0. The zero-order chi connectivity index (χ0) is 21.0. The summed E-state index contributed by atoms with van der Waals surface area (Å²) < 4.78 is 64.6. The first-order valence-corrected chi connectivity index (χ1v) is 9.10. The van der Waals surface area contributed by atoms with Crippen molar-refractivity contribution in [3.63, 3.8) is 0 Å². The van der Waals surface area contributed by atoms with Crippen LogP contribution in [0.1, 0.15) is 17.5 Å². The van der Waals surface area contributed by atoms with Gasteiger partial charge >= 0.3 is 12.2 Å². The van der Waals surface area contributed by atoms with Crippen molar-refractivity contribution in [2.75, 3.05) is 24.5 Å². The summed E-state index contributed by atoms with van der Waals surface area (Å²) in [5.41, 5.74) is 0.168. The van der Waals surface area contributed by atoms with Crippen LogP contribution >= 0.6 is 0 Å². The lowest BCUT2D eigenvalue weighted by Crippen LogP contribution is -2.38. The third-order valence-electron chi connectivity index (χ3n) is 4.81. The number of carbonyl (C=O) groups is 1. The number of halogens is 5. The van der Waals surface area contributed by atoms with Crippen LogP contribution in [0.25, 0.3) is 0 Å². The molecule has 1 heterocycles. The van der Waals surface area contributed by atoms with Gasteiger partial charge in [-0.15, -0.1) is 0 Å². The van der Waals surface area contributed by atoms with Gasteiger partial charge in [0.1, 0.15) is 0 Å². The second kappa shape index (κ2) is 8.67. The summed E-state index contributed by atoms with van der Waals surface area (Å²) in [6.45, 7) is 1.58. The molecule has 2 aromatic rings. The number of rotatable bonds is 5. The Hall–Kier alpha value is -2.84. The van der Waals surface area contributed by atoms with Gasteiger partial charge in [0, 0.05) is 37.9 Å². The molecule has 1 saturated heterocycles. The number of hydrogen-bond acceptors (Lipinski definition) is 2. The Bertz CT molecular complexity index is 871. The van der Waals surface area contributed by atoms with Crippen molar-refractivity contribution in [1.82, 2.24) is 10.6 Å². The van der Waals surface area contributed by atoms with E-state index in [2.05, 4.69) is 10.6 Å². The van der Waals surface area contributed by atoms with E-state index in [-0.39, 0.29) is 12.5 Å². The molecule has 0 bridgehead atoms. The number of hydrogen-bond donors (Lipinski definition) is 2. The SMILES string of the molecule is O=C(NCc1cccc(C(F)(F)F)c1)NCC1CCN(c2ccc(F)c(F)c2)C1. The molecule has 2 N–H and O–H groups in total. The maximum absolute atomic E-state index is 13.4. The number of nitrogens with one attached hydrogen (secondary N) is 2. The molecule has 0 spiro atoms. The Balaban J connectivity index is 1.44. The molecule has 0 aromatic heterocycles. The van der Waals surface area contributed by atoms with Gasteiger partial charge in [0.2, 0.25) is 0 Å². The molecule has 3 rings (SSSR count). The van der Waals surface area contributed by atoms with Crippen molar-refractivity contribution >= 4 is 11.7 Å². The van der Waals surface area contributed by atoms with Crippen LogP contribution in [0.15, 0.2) is 42.5 Å². The highest BCUT2D eigenvalue weighted by molar-refractivity contribution is 5.73. The monoisotopic (exact) mass is 413 g/mol. The molecule has 4 nitrogen and oxygen atoms in total. The van der Waals surface area contributed by atoms with Crippen molar-refractivity contribution in [2.24, 2.45) is 5.92 Å². The lowest BCUT2D eigenvalue weighted by atomic mass is 10.1. The molecular formula is C20H20F5N3O. The molecular weight excluding hydrogens is 393 g/mol. The largest absolute Gasteiger partial charge is 0.416 e. The minimum Gasteiger partial charge on any atom is -0.371 e. The normalized spacial score (nSPS) is 16.7. The number of anilines is 1. The minimum absolute atomic E-state index is 0.0264. The number of nitrogens with zero attached hydrogens (tertiary/aromatic N) is 1. The average Bonchev–Trinajstić information content (AvgIpc) is 3.15. The van der Waals surface area contributed by atoms with Crippen LogP contribution < -0.4 is 15.5 Å². The predicted molar refractivity (Wildman–Crippen MR) is 98.4 cm³/mol. The highest BCUT2D eigenvalue weighted by Gasteiger charge is 2.30. The molecule has 1 fully saturated rings. The summed E-state index contributed by atoms with van der Waals surface area (Å²) in [5.74, 6) is -1.68. The average molecular weight is 413 g/mol. The Labute approximate surface area is 164 Å². The second-order valence-electron chi connectivity index (χ2n) is 6.96. The standard InChI is InChI=1S/C20H20F5N3O/c21-17-5-4-16(9-18(17)22)28-7-6-14(12-28)11-27-19(29)26-10-13-2-1-3-15(8-13)20(23,24)25/h1-5,8-9,14H,6-7,10-12H2,(H2,26,27,29). The maximum Gasteiger partial charge on any atom is 0.416 e. The molecule has 1 atom stereocenters. The molecule has 0 radical (unpaired) electrons. The van der Waals surface area contributed by atoms with Crippen molar-refractivity contribution in [1.29, 1.82) is 0 Å². The summed E-state index contributed by atoms with van der Waals surface area (Å²) in [4.78, 5) is 13.9. The van der Waals surface area contributed by atoms with Crippen LogP contribution in [0.3, 0.4) is 0 Å². The quantitative estimate of drug-likeness (QED) is 0.718. The maximum atomic E-state index is 13.4. The van der Waals surface area contributed by atoms with Gasteiger partial charge in [0.15, 0.2) is 11.6 Å². The number of benzene rings is 2. The summed E-state index contributed by atoms with van der Waals surface area (Å²) in [5, 5.41) is 5.24. The van der Waals surface area contributed by atoms with E-state index >= 15 is 0 Å². The first-order valence-electron chi connectivity index (χ1n) is 9.10. The summed E-state index contributed by atoms with van der Waals surface area (Å²) in [6.07, 6.45) is -3.66. The van der Waals surface area contributed by atoms with Crippen molar-refractivity contribution in [3.8, 4) is 0 Å². The fourth-order valence-electron chi connectivity index (χ4n) is 3.26. The van der Waals surface area contributed by atoms with Gasteiger partial charge in [0.25, 0.3) is 0 Å². The van der Waals surface area contributed by atoms with Gasteiger partial charge in [-0.2, -0.15) is 13.2 Å². The number of alkyl halides is 3. The second-order valence-corrected chi connectivity index (χ2v) is 6.96. The third kappa shape index (κ3) is 5.58. The van der Waals surface area contributed by atoms with E-state index in [0.717, 1.165) is 30.7 Å². The Kier molecular flexibility index (Phi) is 6.24. The van der Waals surface area contributed by atoms with Gasteiger partial charge in [-0.25, -0.2) is 13.6 Å². The van der Waals surface area contributed by atoms with Crippen LogP contribution in [-0.2, 0) is 12.7 Å². The van der Waals surface area contributed by atoms with Crippen LogP contribution in [-0.4, -0.2) is 25.7 Å². The number of urea groups is 1. The molecule has 0 aliphatic carbocycles. The van der Waals surface area contributed by atoms with E-state index < -0.39 is 29.4 Å². The van der Waals surface area contributed by atoms with E-state index in [1.165, 1.54) is 18.2 Å². The first-order chi connectivity index (χ1) is 13.7. The van der Waals surface area contributed by atoms with Crippen molar-refractivity contribution in [3.05, 3.63) is 65.2 Å². The van der Waals surface area contributed by atoms with Gasteiger partial charge in [-0.05, 0) is 42.2 Å². The molecule has 1 aliphatic heterocycles. The zero-order valence-corrected chi connectivity index (χ0v) is 15.4. The molecule has 156 valence electrons. The van der Waals surface area contributed by atoms with E-state index in [9.17, 15) is 26.7 Å². The van der Waals surface area contributed by atoms with Crippen LogP contribution in [0, 0.1) is 17.6 Å². The van der Waals surface area contributed by atoms with Gasteiger partial charge in [0.05, 0.1) is 5.56 Å². The summed E-state index contributed by atoms with van der Waals surface area (Å²) in [7, 11) is 0. The molecule has 29 heavy (non-hydrogen) atoms. The van der Waals surface area contributed by atoms with Crippen LogP contribution in [0.2, 0.25) is 0 Å². The Morgan fingerprint density at radius 1 is 1.07 bits per heavy atom. The van der Waals surface area contributed by atoms with Crippen molar-refractivity contribution in [2.45, 2.75) is 19.1 Å². The molecule has 2 amide bonds. The smallest absolute Gasteiger partial charge is 0.371 e.